The summed E-state index contributed by atoms with van der Waals surface area (Å²) in [5.41, 5.74) is 5.23. The first-order valence-electron chi connectivity index (χ1n) is 10.8. The number of rotatable bonds is 8. The van der Waals surface area contributed by atoms with E-state index >= 15 is 0 Å². The molecule has 0 aliphatic carbocycles. The second-order valence-corrected chi connectivity index (χ2v) is 7.74. The highest BCUT2D eigenvalue weighted by Gasteiger charge is 2.13. The summed E-state index contributed by atoms with van der Waals surface area (Å²) < 4.78 is 12.8. The first kappa shape index (κ1) is 22.0. The second kappa shape index (κ2) is 9.96. The van der Waals surface area contributed by atoms with Gasteiger partial charge in [-0.1, -0.05) is 31.2 Å². The van der Waals surface area contributed by atoms with Gasteiger partial charge in [-0.05, 0) is 54.3 Å². The van der Waals surface area contributed by atoms with Gasteiger partial charge in [-0.3, -0.25) is 4.79 Å². The number of carbonyl (C=O) groups is 1. The Kier molecular flexibility index (Phi) is 6.65. The van der Waals surface area contributed by atoms with Gasteiger partial charge in [0.25, 0.3) is 0 Å². The SMILES string of the molecule is CCOC(=O)C[C@H](C)c1ccc(OCc2cc(-c3ccc(C#N)cc3)cn3ncnc23)cc1. The zero-order valence-corrected chi connectivity index (χ0v) is 18.6. The van der Waals surface area contributed by atoms with Crippen LogP contribution in [0.1, 0.15) is 42.9 Å². The molecule has 0 bridgehead atoms. The molecule has 0 fully saturated rings. The Balaban J connectivity index is 1.49. The van der Waals surface area contributed by atoms with Gasteiger partial charge in [0, 0.05) is 17.3 Å². The number of fused-ring (bicyclic) bond motifs is 1. The van der Waals surface area contributed by atoms with Crippen LogP contribution in [-0.2, 0) is 16.1 Å². The lowest BCUT2D eigenvalue weighted by Gasteiger charge is -2.13. The molecular formula is C26H24N4O3. The van der Waals surface area contributed by atoms with Crippen molar-refractivity contribution in [2.75, 3.05) is 6.61 Å². The maximum atomic E-state index is 11.7. The van der Waals surface area contributed by atoms with Gasteiger partial charge in [0.1, 0.15) is 18.7 Å². The van der Waals surface area contributed by atoms with Crippen molar-refractivity contribution in [1.82, 2.24) is 14.6 Å². The molecule has 0 unspecified atom stereocenters. The largest absolute Gasteiger partial charge is 0.489 e. The van der Waals surface area contributed by atoms with Gasteiger partial charge >= 0.3 is 5.97 Å². The molecule has 33 heavy (non-hydrogen) atoms. The third kappa shape index (κ3) is 5.18. The van der Waals surface area contributed by atoms with Gasteiger partial charge in [-0.15, -0.1) is 0 Å². The lowest BCUT2D eigenvalue weighted by Crippen LogP contribution is -2.08. The molecule has 7 nitrogen and oxygen atoms in total. The standard InChI is InChI=1S/C26H24N4O3/c1-3-32-25(31)12-18(2)20-8-10-24(11-9-20)33-16-23-13-22(15-30-26(23)28-17-29-30)21-6-4-19(14-27)5-7-21/h4-11,13,15,17-18H,3,12,16H2,1-2H3/t18-/m0/s1. The van der Waals surface area contributed by atoms with E-state index in [2.05, 4.69) is 16.2 Å². The number of hydrogen-bond acceptors (Lipinski definition) is 6. The number of nitrogens with zero attached hydrogens (tertiary/aromatic N) is 4. The Labute approximate surface area is 192 Å². The van der Waals surface area contributed by atoms with Crippen molar-refractivity contribution in [3.05, 3.63) is 83.8 Å². The zero-order valence-electron chi connectivity index (χ0n) is 18.6. The molecule has 166 valence electrons. The van der Waals surface area contributed by atoms with Gasteiger partial charge in [0.05, 0.1) is 24.7 Å². The summed E-state index contributed by atoms with van der Waals surface area (Å²) in [5, 5.41) is 13.3. The third-order valence-electron chi connectivity index (χ3n) is 5.42. The monoisotopic (exact) mass is 440 g/mol. The van der Waals surface area contributed by atoms with E-state index in [-0.39, 0.29) is 11.9 Å². The second-order valence-electron chi connectivity index (χ2n) is 7.74. The highest BCUT2D eigenvalue weighted by atomic mass is 16.5. The van der Waals surface area contributed by atoms with Crippen LogP contribution in [-0.4, -0.2) is 27.2 Å². The van der Waals surface area contributed by atoms with Gasteiger partial charge in [0.2, 0.25) is 0 Å². The maximum Gasteiger partial charge on any atom is 0.306 e. The summed E-state index contributed by atoms with van der Waals surface area (Å²) in [4.78, 5) is 16.1. The van der Waals surface area contributed by atoms with Crippen molar-refractivity contribution < 1.29 is 14.3 Å². The molecule has 2 aromatic heterocycles. The van der Waals surface area contributed by atoms with E-state index in [1.165, 1.54) is 6.33 Å². The van der Waals surface area contributed by atoms with Crippen molar-refractivity contribution in [3.8, 4) is 22.9 Å². The van der Waals surface area contributed by atoms with Crippen molar-refractivity contribution in [2.24, 2.45) is 0 Å². The molecule has 2 heterocycles. The molecule has 0 aliphatic rings. The minimum atomic E-state index is -0.190. The van der Waals surface area contributed by atoms with Crippen LogP contribution in [0.3, 0.4) is 0 Å². The zero-order chi connectivity index (χ0) is 23.2. The summed E-state index contributed by atoms with van der Waals surface area (Å²) in [6.07, 6.45) is 3.77. The average Bonchev–Trinajstić information content (AvgIpc) is 3.32. The molecule has 0 saturated heterocycles. The minimum Gasteiger partial charge on any atom is -0.489 e. The number of aromatic nitrogens is 3. The van der Waals surface area contributed by atoms with E-state index < -0.39 is 0 Å². The Hall–Kier alpha value is -4.18. The van der Waals surface area contributed by atoms with Crippen LogP contribution in [0.4, 0.5) is 0 Å². The normalized spacial score (nSPS) is 11.7. The number of ether oxygens (including phenoxy) is 2. The van der Waals surface area contributed by atoms with E-state index in [4.69, 9.17) is 14.7 Å². The smallest absolute Gasteiger partial charge is 0.306 e. The highest BCUT2D eigenvalue weighted by Crippen LogP contribution is 2.25. The third-order valence-corrected chi connectivity index (χ3v) is 5.42. The van der Waals surface area contributed by atoms with Crippen molar-refractivity contribution >= 4 is 11.6 Å². The maximum absolute atomic E-state index is 11.7. The molecule has 0 aliphatic heterocycles. The molecule has 0 saturated carbocycles. The topological polar surface area (TPSA) is 89.5 Å². The van der Waals surface area contributed by atoms with Crippen LogP contribution in [0.25, 0.3) is 16.8 Å². The molecular weight excluding hydrogens is 416 g/mol. The Bertz CT molecular complexity index is 1290. The van der Waals surface area contributed by atoms with Gasteiger partial charge in [-0.25, -0.2) is 9.50 Å². The van der Waals surface area contributed by atoms with E-state index in [1.807, 2.05) is 62.5 Å². The summed E-state index contributed by atoms with van der Waals surface area (Å²) in [6.45, 7) is 4.53. The highest BCUT2D eigenvalue weighted by molar-refractivity contribution is 5.70. The first-order chi connectivity index (χ1) is 16.1. The number of esters is 1. The number of nitriles is 1. The summed E-state index contributed by atoms with van der Waals surface area (Å²) in [6, 6.07) is 19.3. The van der Waals surface area contributed by atoms with E-state index in [9.17, 15) is 4.79 Å². The minimum absolute atomic E-state index is 0.0674. The number of carbonyl (C=O) groups excluding carboxylic acids is 1. The van der Waals surface area contributed by atoms with Gasteiger partial charge in [0.15, 0.2) is 5.65 Å². The molecule has 7 heteroatoms. The Morgan fingerprint density at radius 1 is 1.12 bits per heavy atom. The fourth-order valence-corrected chi connectivity index (χ4v) is 3.64. The molecule has 0 radical (unpaired) electrons. The van der Waals surface area contributed by atoms with Crippen molar-refractivity contribution in [3.63, 3.8) is 0 Å². The molecule has 2 aromatic carbocycles. The van der Waals surface area contributed by atoms with Crippen molar-refractivity contribution in [2.45, 2.75) is 32.8 Å². The predicted molar refractivity (Wildman–Crippen MR) is 124 cm³/mol. The fraction of sp³-hybridized carbons (Fsp3) is 0.231. The fourth-order valence-electron chi connectivity index (χ4n) is 3.64. The molecule has 1 atom stereocenters. The summed E-state index contributed by atoms with van der Waals surface area (Å²) >= 11 is 0. The summed E-state index contributed by atoms with van der Waals surface area (Å²) in [7, 11) is 0. The average molecular weight is 441 g/mol. The van der Waals surface area contributed by atoms with Gasteiger partial charge in [-0.2, -0.15) is 10.4 Å². The van der Waals surface area contributed by atoms with Crippen LogP contribution >= 0.6 is 0 Å². The lowest BCUT2D eigenvalue weighted by atomic mass is 9.98. The molecule has 4 rings (SSSR count). The van der Waals surface area contributed by atoms with Crippen LogP contribution in [0.2, 0.25) is 0 Å². The van der Waals surface area contributed by atoms with E-state index in [0.717, 1.165) is 33.7 Å². The lowest BCUT2D eigenvalue weighted by molar-refractivity contribution is -0.143. The Morgan fingerprint density at radius 3 is 2.58 bits per heavy atom. The van der Waals surface area contributed by atoms with Crippen LogP contribution in [0.15, 0.2) is 67.1 Å². The van der Waals surface area contributed by atoms with Crippen LogP contribution < -0.4 is 4.74 Å². The number of pyridine rings is 1. The van der Waals surface area contributed by atoms with E-state index in [1.54, 1.807) is 16.6 Å². The number of benzene rings is 2. The number of hydrogen-bond donors (Lipinski definition) is 0. The molecule has 0 spiro atoms. The van der Waals surface area contributed by atoms with Crippen molar-refractivity contribution in [1.29, 1.82) is 5.26 Å². The Morgan fingerprint density at radius 2 is 1.88 bits per heavy atom. The summed E-state index contributed by atoms with van der Waals surface area (Å²) in [5.74, 6) is 0.603. The van der Waals surface area contributed by atoms with Crippen LogP contribution in [0.5, 0.6) is 5.75 Å². The van der Waals surface area contributed by atoms with E-state index in [0.29, 0.717) is 25.2 Å². The predicted octanol–water partition coefficient (Wildman–Crippen LogP) is 4.90. The quantitative estimate of drug-likeness (QED) is 0.362. The molecule has 4 aromatic rings. The molecule has 0 amide bonds. The first-order valence-corrected chi connectivity index (χ1v) is 10.8. The molecule has 0 N–H and O–H groups in total. The van der Waals surface area contributed by atoms with Gasteiger partial charge < -0.3 is 9.47 Å². The van der Waals surface area contributed by atoms with Crippen LogP contribution in [0, 0.1) is 11.3 Å².